The Morgan fingerprint density at radius 3 is 2.81 bits per heavy atom. The molecule has 2 aromatic rings. The standard InChI is InChI=1S/C15H18N4O2/c20-15(21)14-18-12-5-2-1-4-11(12)13(19-14)17-9-3-8-16-10-6-7-10/h1-2,4-5,10,16H,3,6-9H2,(H,20,21)(H,17,18,19). The SMILES string of the molecule is O=C(O)c1nc(NCCCNC2CC2)c2ccccc2n1. The van der Waals surface area contributed by atoms with Crippen LogP contribution in [-0.4, -0.2) is 40.2 Å². The van der Waals surface area contributed by atoms with Crippen LogP contribution in [0.3, 0.4) is 0 Å². The van der Waals surface area contributed by atoms with E-state index < -0.39 is 5.97 Å². The number of fused-ring (bicyclic) bond motifs is 1. The number of benzene rings is 1. The van der Waals surface area contributed by atoms with E-state index in [-0.39, 0.29) is 5.82 Å². The zero-order valence-electron chi connectivity index (χ0n) is 11.7. The van der Waals surface area contributed by atoms with Crippen LogP contribution in [0, 0.1) is 0 Å². The van der Waals surface area contributed by atoms with Crippen LogP contribution in [0.2, 0.25) is 0 Å². The van der Waals surface area contributed by atoms with E-state index in [1.807, 2.05) is 18.2 Å². The van der Waals surface area contributed by atoms with Crippen molar-refractivity contribution in [3.05, 3.63) is 30.1 Å². The van der Waals surface area contributed by atoms with Crippen molar-refractivity contribution < 1.29 is 9.90 Å². The molecule has 1 aromatic carbocycles. The van der Waals surface area contributed by atoms with Crippen LogP contribution in [0.4, 0.5) is 5.82 Å². The van der Waals surface area contributed by atoms with Crippen molar-refractivity contribution in [3.8, 4) is 0 Å². The molecule has 0 spiro atoms. The van der Waals surface area contributed by atoms with E-state index in [2.05, 4.69) is 20.6 Å². The Kier molecular flexibility index (Phi) is 3.96. The number of rotatable bonds is 7. The number of aromatic carboxylic acids is 1. The number of carboxylic acids is 1. The zero-order valence-corrected chi connectivity index (χ0v) is 11.7. The first kappa shape index (κ1) is 13.8. The predicted octanol–water partition coefficient (Wildman–Crippen LogP) is 1.88. The van der Waals surface area contributed by atoms with Gasteiger partial charge in [-0.15, -0.1) is 0 Å². The summed E-state index contributed by atoms with van der Waals surface area (Å²) >= 11 is 0. The Morgan fingerprint density at radius 1 is 1.24 bits per heavy atom. The number of anilines is 1. The van der Waals surface area contributed by atoms with Crippen molar-refractivity contribution >= 4 is 22.7 Å². The average Bonchev–Trinajstić information content (AvgIpc) is 3.30. The molecule has 0 unspecified atom stereocenters. The van der Waals surface area contributed by atoms with Crippen molar-refractivity contribution in [2.75, 3.05) is 18.4 Å². The number of carboxylic acid groups (broad SMARTS) is 1. The lowest BCUT2D eigenvalue weighted by molar-refractivity contribution is 0.0684. The maximum atomic E-state index is 11.1. The highest BCUT2D eigenvalue weighted by Gasteiger charge is 2.19. The van der Waals surface area contributed by atoms with Crippen molar-refractivity contribution in [2.24, 2.45) is 0 Å². The summed E-state index contributed by atoms with van der Waals surface area (Å²) in [4.78, 5) is 19.2. The van der Waals surface area contributed by atoms with Gasteiger partial charge in [-0.3, -0.25) is 0 Å². The Morgan fingerprint density at radius 2 is 2.05 bits per heavy atom. The van der Waals surface area contributed by atoms with Gasteiger partial charge in [0.2, 0.25) is 5.82 Å². The van der Waals surface area contributed by atoms with E-state index in [4.69, 9.17) is 5.11 Å². The number of nitrogens with zero attached hydrogens (tertiary/aromatic N) is 2. The lowest BCUT2D eigenvalue weighted by Gasteiger charge is -2.09. The summed E-state index contributed by atoms with van der Waals surface area (Å²) in [5, 5.41) is 16.6. The van der Waals surface area contributed by atoms with Crippen LogP contribution >= 0.6 is 0 Å². The zero-order chi connectivity index (χ0) is 14.7. The highest BCUT2D eigenvalue weighted by Crippen LogP contribution is 2.20. The minimum absolute atomic E-state index is 0.174. The molecule has 3 N–H and O–H groups in total. The molecule has 0 amide bonds. The van der Waals surface area contributed by atoms with Crippen molar-refractivity contribution in [1.82, 2.24) is 15.3 Å². The van der Waals surface area contributed by atoms with Gasteiger partial charge >= 0.3 is 5.97 Å². The molecule has 6 nitrogen and oxygen atoms in total. The Balaban J connectivity index is 1.70. The first-order valence-corrected chi connectivity index (χ1v) is 7.21. The van der Waals surface area contributed by atoms with Gasteiger partial charge in [-0.1, -0.05) is 12.1 Å². The summed E-state index contributed by atoms with van der Waals surface area (Å²) in [5.74, 6) is -0.698. The van der Waals surface area contributed by atoms with E-state index >= 15 is 0 Å². The van der Waals surface area contributed by atoms with Gasteiger partial charge in [0, 0.05) is 18.0 Å². The van der Waals surface area contributed by atoms with Gasteiger partial charge in [0.25, 0.3) is 0 Å². The number of aromatic nitrogens is 2. The third-order valence-corrected chi connectivity index (χ3v) is 3.45. The van der Waals surface area contributed by atoms with Crippen molar-refractivity contribution in [2.45, 2.75) is 25.3 Å². The summed E-state index contributed by atoms with van der Waals surface area (Å²) in [7, 11) is 0. The minimum Gasteiger partial charge on any atom is -0.475 e. The molecule has 6 heteroatoms. The topological polar surface area (TPSA) is 87.1 Å². The van der Waals surface area contributed by atoms with Gasteiger partial charge < -0.3 is 15.7 Å². The van der Waals surface area contributed by atoms with Gasteiger partial charge in [-0.05, 0) is 37.9 Å². The van der Waals surface area contributed by atoms with E-state index in [0.29, 0.717) is 17.4 Å². The number of hydrogen-bond acceptors (Lipinski definition) is 5. The second-order valence-corrected chi connectivity index (χ2v) is 5.23. The predicted molar refractivity (Wildman–Crippen MR) is 80.6 cm³/mol. The van der Waals surface area contributed by atoms with Crippen LogP contribution in [-0.2, 0) is 0 Å². The van der Waals surface area contributed by atoms with Gasteiger partial charge in [-0.25, -0.2) is 14.8 Å². The molecule has 0 bridgehead atoms. The van der Waals surface area contributed by atoms with Crippen LogP contribution in [0.15, 0.2) is 24.3 Å². The summed E-state index contributed by atoms with van der Waals surface area (Å²) in [6.45, 7) is 1.71. The molecule has 3 rings (SSSR count). The highest BCUT2D eigenvalue weighted by molar-refractivity contribution is 5.93. The monoisotopic (exact) mass is 286 g/mol. The fourth-order valence-electron chi connectivity index (χ4n) is 2.20. The lowest BCUT2D eigenvalue weighted by atomic mass is 10.2. The molecule has 1 saturated carbocycles. The van der Waals surface area contributed by atoms with Crippen LogP contribution in [0.5, 0.6) is 0 Å². The molecule has 0 atom stereocenters. The fourth-order valence-corrected chi connectivity index (χ4v) is 2.20. The molecule has 1 aliphatic carbocycles. The maximum absolute atomic E-state index is 11.1. The van der Waals surface area contributed by atoms with E-state index in [9.17, 15) is 4.79 Å². The summed E-state index contributed by atoms with van der Waals surface area (Å²) in [6, 6.07) is 8.13. The molecular weight excluding hydrogens is 268 g/mol. The first-order valence-electron chi connectivity index (χ1n) is 7.21. The molecule has 0 saturated heterocycles. The van der Waals surface area contributed by atoms with Gasteiger partial charge in [-0.2, -0.15) is 0 Å². The molecular formula is C15H18N4O2. The van der Waals surface area contributed by atoms with Crippen LogP contribution in [0.1, 0.15) is 29.9 Å². The molecule has 1 aliphatic rings. The van der Waals surface area contributed by atoms with Crippen LogP contribution < -0.4 is 10.6 Å². The molecule has 110 valence electrons. The summed E-state index contributed by atoms with van der Waals surface area (Å²) in [5.41, 5.74) is 0.642. The third-order valence-electron chi connectivity index (χ3n) is 3.45. The number of carbonyl (C=O) groups is 1. The first-order chi connectivity index (χ1) is 10.2. The van der Waals surface area contributed by atoms with Gasteiger partial charge in [0.05, 0.1) is 5.52 Å². The fraction of sp³-hybridized carbons (Fsp3) is 0.400. The quantitative estimate of drug-likeness (QED) is 0.674. The minimum atomic E-state index is -1.11. The maximum Gasteiger partial charge on any atom is 0.374 e. The molecule has 21 heavy (non-hydrogen) atoms. The van der Waals surface area contributed by atoms with Gasteiger partial charge in [0.1, 0.15) is 5.82 Å². The Hall–Kier alpha value is -2.21. The van der Waals surface area contributed by atoms with Crippen molar-refractivity contribution in [1.29, 1.82) is 0 Å². The second-order valence-electron chi connectivity index (χ2n) is 5.23. The average molecular weight is 286 g/mol. The van der Waals surface area contributed by atoms with Crippen molar-refractivity contribution in [3.63, 3.8) is 0 Å². The molecule has 1 fully saturated rings. The smallest absolute Gasteiger partial charge is 0.374 e. The van der Waals surface area contributed by atoms with Crippen LogP contribution in [0.25, 0.3) is 10.9 Å². The number of para-hydroxylation sites is 1. The summed E-state index contributed by atoms with van der Waals surface area (Å²) in [6.07, 6.45) is 3.54. The molecule has 1 aromatic heterocycles. The lowest BCUT2D eigenvalue weighted by Crippen LogP contribution is -2.20. The Bertz CT molecular complexity index is 655. The largest absolute Gasteiger partial charge is 0.475 e. The third kappa shape index (κ3) is 3.46. The normalized spacial score (nSPS) is 14.3. The highest BCUT2D eigenvalue weighted by atomic mass is 16.4. The second kappa shape index (κ2) is 6.05. The number of hydrogen-bond donors (Lipinski definition) is 3. The van der Waals surface area contributed by atoms with E-state index in [1.54, 1.807) is 6.07 Å². The molecule has 1 heterocycles. The van der Waals surface area contributed by atoms with E-state index in [1.165, 1.54) is 12.8 Å². The number of nitrogens with one attached hydrogen (secondary N) is 2. The molecule has 0 radical (unpaired) electrons. The van der Waals surface area contributed by atoms with E-state index in [0.717, 1.165) is 24.9 Å². The van der Waals surface area contributed by atoms with Gasteiger partial charge in [0.15, 0.2) is 0 Å². The molecule has 0 aliphatic heterocycles. The Labute approximate surface area is 122 Å². The summed E-state index contributed by atoms with van der Waals surface area (Å²) < 4.78 is 0.